The topological polar surface area (TPSA) is 17.1 Å². The quantitative estimate of drug-likeness (QED) is 0.418. The van der Waals surface area contributed by atoms with E-state index in [1.165, 1.54) is 25.7 Å². The number of fused-ring (bicyclic) bond motifs is 3. The molecule has 0 saturated heterocycles. The van der Waals surface area contributed by atoms with Crippen LogP contribution >= 0.6 is 0 Å². The maximum atomic E-state index is 13.6. The van der Waals surface area contributed by atoms with Gasteiger partial charge in [0.25, 0.3) is 0 Å². The van der Waals surface area contributed by atoms with Crippen molar-refractivity contribution >= 4 is 5.78 Å². The Morgan fingerprint density at radius 1 is 1.11 bits per heavy atom. The standard InChI is InChI=1S/C26H34O/c1-5-24(2)17-14-21-20(18-24)12-13-22-25(21,3)15-9-16-26(22,4)23(27)19-10-7-6-8-11-19/h5-8,10-11,14,20,22H,1,9,12-13,15-18H2,2-4H3/t20-,22-,24-,25-,26+/m0/s1. The molecule has 27 heavy (non-hydrogen) atoms. The summed E-state index contributed by atoms with van der Waals surface area (Å²) in [5.74, 6) is 1.50. The lowest BCUT2D eigenvalue weighted by atomic mass is 9.45. The Kier molecular flexibility index (Phi) is 4.48. The Hall–Kier alpha value is -1.63. The number of ketones is 1. The number of benzene rings is 1. The first-order chi connectivity index (χ1) is 12.8. The molecule has 0 aromatic heterocycles. The molecule has 0 amide bonds. The monoisotopic (exact) mass is 362 g/mol. The normalized spacial score (nSPS) is 41.1. The third-order valence-corrected chi connectivity index (χ3v) is 8.38. The van der Waals surface area contributed by atoms with Gasteiger partial charge in [-0.3, -0.25) is 4.79 Å². The van der Waals surface area contributed by atoms with Crippen molar-refractivity contribution in [3.8, 4) is 0 Å². The molecule has 1 nitrogen and oxygen atoms in total. The van der Waals surface area contributed by atoms with Crippen molar-refractivity contribution < 1.29 is 4.79 Å². The number of allylic oxidation sites excluding steroid dienone is 3. The summed E-state index contributed by atoms with van der Waals surface area (Å²) >= 11 is 0. The Bertz CT molecular complexity index is 775. The minimum absolute atomic E-state index is 0.183. The van der Waals surface area contributed by atoms with Crippen LogP contribution in [0.25, 0.3) is 0 Å². The molecule has 3 aliphatic rings. The molecule has 144 valence electrons. The number of carbonyl (C=O) groups excluding carboxylic acids is 1. The van der Waals surface area contributed by atoms with Crippen LogP contribution in [-0.4, -0.2) is 5.78 Å². The Balaban J connectivity index is 1.71. The zero-order valence-electron chi connectivity index (χ0n) is 17.3. The molecule has 1 aromatic rings. The van der Waals surface area contributed by atoms with E-state index < -0.39 is 0 Å². The maximum absolute atomic E-state index is 13.6. The Morgan fingerprint density at radius 3 is 2.56 bits per heavy atom. The van der Waals surface area contributed by atoms with Crippen molar-refractivity contribution in [2.75, 3.05) is 0 Å². The molecule has 1 heteroatoms. The van der Waals surface area contributed by atoms with E-state index in [1.54, 1.807) is 5.57 Å². The van der Waals surface area contributed by atoms with E-state index in [1.807, 2.05) is 30.3 Å². The minimum Gasteiger partial charge on any atom is -0.294 e. The zero-order chi connectivity index (χ0) is 19.3. The second-order valence-electron chi connectivity index (χ2n) is 10.1. The predicted molar refractivity (Wildman–Crippen MR) is 113 cm³/mol. The fourth-order valence-electron chi connectivity index (χ4n) is 6.81. The summed E-state index contributed by atoms with van der Waals surface area (Å²) in [5.41, 5.74) is 2.75. The molecule has 1 aromatic carbocycles. The molecule has 2 fully saturated rings. The van der Waals surface area contributed by atoms with Gasteiger partial charge in [0.05, 0.1) is 0 Å². The summed E-state index contributed by atoms with van der Waals surface area (Å²) in [5, 5.41) is 0. The molecule has 2 saturated carbocycles. The van der Waals surface area contributed by atoms with Crippen LogP contribution in [0.15, 0.2) is 54.6 Å². The van der Waals surface area contributed by atoms with Crippen LogP contribution in [0.4, 0.5) is 0 Å². The van der Waals surface area contributed by atoms with E-state index in [0.29, 0.717) is 17.6 Å². The molecular formula is C26H34O. The van der Waals surface area contributed by atoms with Gasteiger partial charge in [-0.2, -0.15) is 0 Å². The fraction of sp³-hybridized carbons (Fsp3) is 0.577. The van der Waals surface area contributed by atoms with E-state index in [4.69, 9.17) is 0 Å². The third-order valence-electron chi connectivity index (χ3n) is 8.38. The van der Waals surface area contributed by atoms with E-state index in [0.717, 1.165) is 24.8 Å². The minimum atomic E-state index is -0.237. The van der Waals surface area contributed by atoms with E-state index >= 15 is 0 Å². The van der Waals surface area contributed by atoms with Crippen LogP contribution in [0.1, 0.15) is 76.1 Å². The summed E-state index contributed by atoms with van der Waals surface area (Å²) in [6.45, 7) is 11.2. The molecule has 0 aliphatic heterocycles. The van der Waals surface area contributed by atoms with Gasteiger partial charge in [0.2, 0.25) is 0 Å². The average Bonchev–Trinajstić information content (AvgIpc) is 2.67. The van der Waals surface area contributed by atoms with Gasteiger partial charge in [0.15, 0.2) is 5.78 Å². The molecule has 0 heterocycles. The van der Waals surface area contributed by atoms with E-state index in [-0.39, 0.29) is 16.2 Å². The molecule has 0 spiro atoms. The number of rotatable bonds is 3. The van der Waals surface area contributed by atoms with Crippen molar-refractivity contribution in [2.45, 2.75) is 65.7 Å². The first-order valence-corrected chi connectivity index (χ1v) is 10.8. The van der Waals surface area contributed by atoms with Gasteiger partial charge in [-0.25, -0.2) is 0 Å². The van der Waals surface area contributed by atoms with Crippen molar-refractivity contribution in [1.82, 2.24) is 0 Å². The smallest absolute Gasteiger partial charge is 0.169 e. The summed E-state index contributed by atoms with van der Waals surface area (Å²) in [7, 11) is 0. The predicted octanol–water partition coefficient (Wildman–Crippen LogP) is 7.00. The molecule has 0 bridgehead atoms. The highest BCUT2D eigenvalue weighted by Crippen LogP contribution is 2.64. The van der Waals surface area contributed by atoms with Crippen LogP contribution in [0.5, 0.6) is 0 Å². The van der Waals surface area contributed by atoms with Gasteiger partial charge in [0, 0.05) is 11.0 Å². The van der Waals surface area contributed by atoms with Gasteiger partial charge in [0.1, 0.15) is 0 Å². The zero-order valence-corrected chi connectivity index (χ0v) is 17.3. The van der Waals surface area contributed by atoms with Crippen LogP contribution in [0, 0.1) is 28.1 Å². The lowest BCUT2D eigenvalue weighted by Gasteiger charge is -2.58. The first kappa shape index (κ1) is 18.7. The number of hydrogen-bond acceptors (Lipinski definition) is 1. The Labute approximate surface area is 164 Å². The summed E-state index contributed by atoms with van der Waals surface area (Å²) in [6.07, 6.45) is 12.9. The number of carbonyl (C=O) groups is 1. The van der Waals surface area contributed by atoms with Crippen LogP contribution < -0.4 is 0 Å². The molecule has 5 atom stereocenters. The first-order valence-electron chi connectivity index (χ1n) is 10.8. The second kappa shape index (κ2) is 6.47. The molecule has 4 rings (SSSR count). The third kappa shape index (κ3) is 2.85. The lowest BCUT2D eigenvalue weighted by molar-refractivity contribution is -0.0140. The van der Waals surface area contributed by atoms with E-state index in [2.05, 4.69) is 39.5 Å². The molecule has 0 unspecified atom stereocenters. The summed E-state index contributed by atoms with van der Waals surface area (Å²) < 4.78 is 0. The molecule has 3 aliphatic carbocycles. The largest absolute Gasteiger partial charge is 0.294 e. The van der Waals surface area contributed by atoms with Crippen molar-refractivity contribution in [3.63, 3.8) is 0 Å². The van der Waals surface area contributed by atoms with E-state index in [9.17, 15) is 4.79 Å². The fourth-order valence-corrected chi connectivity index (χ4v) is 6.81. The van der Waals surface area contributed by atoms with Crippen LogP contribution in [-0.2, 0) is 0 Å². The molecule has 0 radical (unpaired) electrons. The van der Waals surface area contributed by atoms with Gasteiger partial charge in [-0.1, -0.05) is 75.2 Å². The van der Waals surface area contributed by atoms with Crippen LogP contribution in [0.2, 0.25) is 0 Å². The van der Waals surface area contributed by atoms with Gasteiger partial charge in [-0.05, 0) is 61.2 Å². The van der Waals surface area contributed by atoms with Gasteiger partial charge < -0.3 is 0 Å². The molecule has 0 N–H and O–H groups in total. The number of Topliss-reactive ketones (excluding diaryl/α,β-unsaturated/α-hetero) is 1. The summed E-state index contributed by atoms with van der Waals surface area (Å²) in [6, 6.07) is 9.99. The van der Waals surface area contributed by atoms with Gasteiger partial charge >= 0.3 is 0 Å². The highest BCUT2D eigenvalue weighted by atomic mass is 16.1. The highest BCUT2D eigenvalue weighted by Gasteiger charge is 2.57. The van der Waals surface area contributed by atoms with Crippen LogP contribution in [0.3, 0.4) is 0 Å². The second-order valence-corrected chi connectivity index (χ2v) is 10.1. The molecular weight excluding hydrogens is 328 g/mol. The average molecular weight is 363 g/mol. The van der Waals surface area contributed by atoms with Crippen molar-refractivity contribution in [1.29, 1.82) is 0 Å². The summed E-state index contributed by atoms with van der Waals surface area (Å²) in [4.78, 5) is 13.6. The lowest BCUT2D eigenvalue weighted by Crippen LogP contribution is -2.52. The number of hydrogen-bond donors (Lipinski definition) is 0. The Morgan fingerprint density at radius 2 is 1.85 bits per heavy atom. The highest BCUT2D eigenvalue weighted by molar-refractivity contribution is 6.00. The SMILES string of the molecule is C=C[C@@]1(C)CC=C2[C@@H](CC[C@@H]3[C@](C)(C(=O)c4ccccc4)CCC[C@@]23C)C1. The van der Waals surface area contributed by atoms with Gasteiger partial charge in [-0.15, -0.1) is 6.58 Å². The van der Waals surface area contributed by atoms with Crippen molar-refractivity contribution in [2.24, 2.45) is 28.1 Å². The van der Waals surface area contributed by atoms with Crippen molar-refractivity contribution in [3.05, 3.63) is 60.2 Å². The maximum Gasteiger partial charge on any atom is 0.169 e.